The average Bonchev–Trinajstić information content (AvgIpc) is 2.18. The Hall–Kier alpha value is -1.22. The van der Waals surface area contributed by atoms with Crippen LogP contribution in [-0.4, -0.2) is 16.8 Å². The van der Waals surface area contributed by atoms with Crippen LogP contribution in [0.4, 0.5) is 0 Å². The molecular formula is C12H14O2S. The average molecular weight is 222 g/mol. The van der Waals surface area contributed by atoms with Gasteiger partial charge in [0.2, 0.25) is 0 Å². The second kappa shape index (κ2) is 5.61. The Balaban J connectivity index is 2.71. The molecule has 0 saturated heterocycles. The lowest BCUT2D eigenvalue weighted by Crippen LogP contribution is -1.95. The summed E-state index contributed by atoms with van der Waals surface area (Å²) in [6, 6.07) is 7.83. The van der Waals surface area contributed by atoms with Gasteiger partial charge in [-0.05, 0) is 29.0 Å². The highest BCUT2D eigenvalue weighted by Gasteiger charge is 2.04. The molecule has 3 heteroatoms. The van der Waals surface area contributed by atoms with Crippen molar-refractivity contribution in [2.45, 2.75) is 18.2 Å². The zero-order valence-corrected chi connectivity index (χ0v) is 9.51. The summed E-state index contributed by atoms with van der Waals surface area (Å²) in [5.74, 6) is 0.196. The fourth-order valence-electron chi connectivity index (χ4n) is 1.24. The van der Waals surface area contributed by atoms with Crippen LogP contribution in [0.25, 0.3) is 5.57 Å². The highest BCUT2D eigenvalue weighted by molar-refractivity contribution is 7.99. The third-order valence-electron chi connectivity index (χ3n) is 1.94. The summed E-state index contributed by atoms with van der Waals surface area (Å²) < 4.78 is 0. The first-order valence-electron chi connectivity index (χ1n) is 4.76. The maximum Gasteiger partial charge on any atom is 0.307 e. The number of aliphatic carboxylic acids is 1. The van der Waals surface area contributed by atoms with Gasteiger partial charge in [0, 0.05) is 4.90 Å². The summed E-state index contributed by atoms with van der Waals surface area (Å²) in [7, 11) is 0. The van der Waals surface area contributed by atoms with E-state index in [1.165, 1.54) is 4.90 Å². The summed E-state index contributed by atoms with van der Waals surface area (Å²) >= 11 is 1.76. The smallest absolute Gasteiger partial charge is 0.307 e. The maximum atomic E-state index is 10.5. The number of carboxylic acid groups (broad SMARTS) is 1. The van der Waals surface area contributed by atoms with E-state index >= 15 is 0 Å². The van der Waals surface area contributed by atoms with Gasteiger partial charge in [0.15, 0.2) is 0 Å². The van der Waals surface area contributed by atoms with E-state index in [1.807, 2.05) is 24.3 Å². The molecule has 0 atom stereocenters. The predicted molar refractivity (Wildman–Crippen MR) is 64.1 cm³/mol. The van der Waals surface area contributed by atoms with Crippen molar-refractivity contribution in [1.82, 2.24) is 0 Å². The summed E-state index contributed by atoms with van der Waals surface area (Å²) in [6.45, 7) is 5.85. The Morgan fingerprint density at radius 1 is 1.40 bits per heavy atom. The molecule has 0 bridgehead atoms. The lowest BCUT2D eigenvalue weighted by molar-refractivity contribution is -0.135. The van der Waals surface area contributed by atoms with E-state index in [0.29, 0.717) is 5.57 Å². The van der Waals surface area contributed by atoms with Crippen molar-refractivity contribution in [3.8, 4) is 0 Å². The summed E-state index contributed by atoms with van der Waals surface area (Å²) in [4.78, 5) is 11.7. The minimum atomic E-state index is -0.841. The standard InChI is InChI=1S/C12H14O2S/c1-3-15-11-6-4-10(5-7-11)9(2)8-12(13)14/h4-7H,2-3,8H2,1H3,(H,13,14). The minimum absolute atomic E-state index is 0.000265. The summed E-state index contributed by atoms with van der Waals surface area (Å²) in [5.41, 5.74) is 1.55. The Morgan fingerprint density at radius 2 is 2.00 bits per heavy atom. The van der Waals surface area contributed by atoms with Crippen LogP contribution in [0.1, 0.15) is 18.9 Å². The first-order chi connectivity index (χ1) is 7.13. The third-order valence-corrected chi connectivity index (χ3v) is 2.83. The lowest BCUT2D eigenvalue weighted by Gasteiger charge is -2.04. The van der Waals surface area contributed by atoms with Crippen LogP contribution in [0.3, 0.4) is 0 Å². The molecule has 15 heavy (non-hydrogen) atoms. The second-order valence-electron chi connectivity index (χ2n) is 3.13. The number of benzene rings is 1. The van der Waals surface area contributed by atoms with Gasteiger partial charge in [0.05, 0.1) is 6.42 Å². The van der Waals surface area contributed by atoms with Crippen LogP contribution < -0.4 is 0 Å². The van der Waals surface area contributed by atoms with Crippen LogP contribution in [-0.2, 0) is 4.79 Å². The van der Waals surface area contributed by atoms with Gasteiger partial charge in [-0.15, -0.1) is 11.8 Å². The topological polar surface area (TPSA) is 37.3 Å². The Bertz CT molecular complexity index is 354. The molecule has 2 nitrogen and oxygen atoms in total. The molecule has 0 aliphatic rings. The van der Waals surface area contributed by atoms with Crippen LogP contribution in [0.2, 0.25) is 0 Å². The van der Waals surface area contributed by atoms with Crippen molar-refractivity contribution in [2.24, 2.45) is 0 Å². The van der Waals surface area contributed by atoms with Crippen LogP contribution in [0, 0.1) is 0 Å². The molecular weight excluding hydrogens is 208 g/mol. The molecule has 80 valence electrons. The number of hydrogen-bond acceptors (Lipinski definition) is 2. The van der Waals surface area contributed by atoms with Gasteiger partial charge in [0.25, 0.3) is 0 Å². The van der Waals surface area contributed by atoms with Crippen molar-refractivity contribution in [1.29, 1.82) is 0 Å². The first kappa shape index (κ1) is 11.9. The van der Waals surface area contributed by atoms with E-state index in [-0.39, 0.29) is 6.42 Å². The number of rotatable bonds is 5. The normalized spacial score (nSPS) is 9.93. The number of thioether (sulfide) groups is 1. The summed E-state index contributed by atoms with van der Waals surface area (Å²) in [5, 5.41) is 8.62. The van der Waals surface area contributed by atoms with Crippen molar-refractivity contribution in [3.05, 3.63) is 36.4 Å². The maximum absolute atomic E-state index is 10.5. The number of carbonyl (C=O) groups is 1. The van der Waals surface area contributed by atoms with Crippen molar-refractivity contribution in [2.75, 3.05) is 5.75 Å². The van der Waals surface area contributed by atoms with E-state index in [2.05, 4.69) is 13.5 Å². The van der Waals surface area contributed by atoms with E-state index in [4.69, 9.17) is 5.11 Å². The molecule has 0 aliphatic heterocycles. The van der Waals surface area contributed by atoms with Gasteiger partial charge in [-0.1, -0.05) is 25.6 Å². The van der Waals surface area contributed by atoms with Gasteiger partial charge in [-0.3, -0.25) is 4.79 Å². The number of carboxylic acids is 1. The minimum Gasteiger partial charge on any atom is -0.481 e. The first-order valence-corrected chi connectivity index (χ1v) is 5.75. The van der Waals surface area contributed by atoms with Gasteiger partial charge in [-0.25, -0.2) is 0 Å². The molecule has 0 saturated carbocycles. The molecule has 0 aliphatic carbocycles. The zero-order valence-electron chi connectivity index (χ0n) is 8.69. The quantitative estimate of drug-likeness (QED) is 0.777. The van der Waals surface area contributed by atoms with Gasteiger partial charge < -0.3 is 5.11 Å². The van der Waals surface area contributed by atoms with Gasteiger partial charge >= 0.3 is 5.97 Å². The molecule has 0 radical (unpaired) electrons. The molecule has 0 aromatic heterocycles. The molecule has 1 N–H and O–H groups in total. The van der Waals surface area contributed by atoms with Crippen molar-refractivity contribution in [3.63, 3.8) is 0 Å². The molecule has 0 heterocycles. The van der Waals surface area contributed by atoms with E-state index in [9.17, 15) is 4.79 Å². The van der Waals surface area contributed by atoms with Crippen LogP contribution >= 0.6 is 11.8 Å². The highest BCUT2D eigenvalue weighted by Crippen LogP contribution is 2.22. The van der Waals surface area contributed by atoms with E-state index in [1.54, 1.807) is 11.8 Å². The molecule has 1 aromatic rings. The van der Waals surface area contributed by atoms with Crippen molar-refractivity contribution >= 4 is 23.3 Å². The molecule has 1 aromatic carbocycles. The highest BCUT2D eigenvalue weighted by atomic mass is 32.2. The Morgan fingerprint density at radius 3 is 2.47 bits per heavy atom. The molecule has 0 fully saturated rings. The lowest BCUT2D eigenvalue weighted by atomic mass is 10.1. The molecule has 0 spiro atoms. The zero-order chi connectivity index (χ0) is 11.3. The van der Waals surface area contributed by atoms with Crippen molar-refractivity contribution < 1.29 is 9.90 Å². The van der Waals surface area contributed by atoms with Gasteiger partial charge in [-0.2, -0.15) is 0 Å². The fourth-order valence-corrected chi connectivity index (χ4v) is 1.90. The Labute approximate surface area is 94.0 Å². The monoisotopic (exact) mass is 222 g/mol. The van der Waals surface area contributed by atoms with Gasteiger partial charge in [0.1, 0.15) is 0 Å². The second-order valence-corrected chi connectivity index (χ2v) is 4.47. The SMILES string of the molecule is C=C(CC(=O)O)c1ccc(SCC)cc1. The summed E-state index contributed by atoms with van der Waals surface area (Å²) in [6.07, 6.45) is 0.000265. The largest absolute Gasteiger partial charge is 0.481 e. The van der Waals surface area contributed by atoms with Crippen LogP contribution in [0.5, 0.6) is 0 Å². The molecule has 1 rings (SSSR count). The Kier molecular flexibility index (Phi) is 4.43. The molecule has 0 unspecified atom stereocenters. The molecule has 0 amide bonds. The predicted octanol–water partition coefficient (Wildman–Crippen LogP) is 3.29. The third kappa shape index (κ3) is 3.80. The van der Waals surface area contributed by atoms with E-state index in [0.717, 1.165) is 11.3 Å². The van der Waals surface area contributed by atoms with Crippen LogP contribution in [0.15, 0.2) is 35.7 Å². The van der Waals surface area contributed by atoms with E-state index < -0.39 is 5.97 Å². The number of hydrogen-bond donors (Lipinski definition) is 1. The fraction of sp³-hybridized carbons (Fsp3) is 0.250.